The van der Waals surface area contributed by atoms with Crippen LogP contribution in [-0.4, -0.2) is 37.4 Å². The molecule has 1 amide bonds. The minimum atomic E-state index is -0.259. The number of imidazole rings is 1. The van der Waals surface area contributed by atoms with Gasteiger partial charge in [0.15, 0.2) is 0 Å². The summed E-state index contributed by atoms with van der Waals surface area (Å²) in [4.78, 5) is 16.0. The van der Waals surface area contributed by atoms with Crippen LogP contribution in [0.3, 0.4) is 0 Å². The van der Waals surface area contributed by atoms with Gasteiger partial charge in [-0.25, -0.2) is 4.98 Å². The topological polar surface area (TPSA) is 88.5 Å². The number of H-pyrrole nitrogens is 1. The zero-order chi connectivity index (χ0) is 13.0. The van der Waals surface area contributed by atoms with Crippen LogP contribution >= 0.6 is 0 Å². The molecule has 18 heavy (non-hydrogen) atoms. The second-order valence-corrected chi connectivity index (χ2v) is 4.06. The van der Waals surface area contributed by atoms with E-state index < -0.39 is 0 Å². The summed E-state index contributed by atoms with van der Waals surface area (Å²) in [5.41, 5.74) is 0.835. The van der Waals surface area contributed by atoms with Crippen molar-refractivity contribution in [2.45, 2.75) is 26.3 Å². The smallest absolute Gasteiger partial charge is 0.242 e. The third kappa shape index (κ3) is 2.73. The molecule has 0 bridgehead atoms. The van der Waals surface area contributed by atoms with Crippen molar-refractivity contribution in [1.29, 1.82) is 0 Å². The Morgan fingerprint density at radius 1 is 1.61 bits per heavy atom. The number of carbonyl (C=O) groups is 1. The van der Waals surface area contributed by atoms with Crippen LogP contribution in [0, 0.1) is 6.92 Å². The molecule has 2 aromatic rings. The highest BCUT2D eigenvalue weighted by atomic mass is 16.2. The third-order valence-corrected chi connectivity index (χ3v) is 2.80. The molecule has 0 saturated carbocycles. The first kappa shape index (κ1) is 12.3. The summed E-state index contributed by atoms with van der Waals surface area (Å²) in [6.07, 6.45) is 5.80. The number of nitrogens with zero attached hydrogens (tertiary/aromatic N) is 4. The minimum absolute atomic E-state index is 0.0282. The quantitative estimate of drug-likeness (QED) is 0.792. The number of hydrogen-bond acceptors (Lipinski definition) is 4. The number of carbonyl (C=O) groups excluding carboxylic acids is 1. The van der Waals surface area contributed by atoms with E-state index in [1.54, 1.807) is 18.6 Å². The van der Waals surface area contributed by atoms with Crippen molar-refractivity contribution >= 4 is 5.91 Å². The number of aromatic nitrogens is 5. The first-order chi connectivity index (χ1) is 8.68. The lowest BCUT2D eigenvalue weighted by Gasteiger charge is -2.14. The summed E-state index contributed by atoms with van der Waals surface area (Å²) in [7, 11) is 0. The van der Waals surface area contributed by atoms with Crippen LogP contribution in [0.1, 0.15) is 24.5 Å². The Balaban J connectivity index is 1.83. The lowest BCUT2D eigenvalue weighted by atomic mass is 10.3. The molecule has 2 N–H and O–H groups in total. The van der Waals surface area contributed by atoms with E-state index in [1.165, 1.54) is 0 Å². The molecule has 96 valence electrons. The molecule has 0 aliphatic heterocycles. The van der Waals surface area contributed by atoms with Crippen molar-refractivity contribution in [2.75, 3.05) is 6.54 Å². The van der Waals surface area contributed by atoms with Gasteiger partial charge in [-0.05, 0) is 13.8 Å². The fourth-order valence-corrected chi connectivity index (χ4v) is 1.73. The van der Waals surface area contributed by atoms with E-state index >= 15 is 0 Å². The number of hydrogen-bond donors (Lipinski definition) is 2. The summed E-state index contributed by atoms with van der Waals surface area (Å²) in [5, 5.41) is 13.0. The maximum absolute atomic E-state index is 11.9. The zero-order valence-electron chi connectivity index (χ0n) is 10.4. The maximum Gasteiger partial charge on any atom is 0.242 e. The van der Waals surface area contributed by atoms with Gasteiger partial charge in [0.1, 0.15) is 11.9 Å². The van der Waals surface area contributed by atoms with Gasteiger partial charge in [-0.3, -0.25) is 4.79 Å². The largest absolute Gasteiger partial charge is 0.354 e. The number of amides is 1. The Hall–Kier alpha value is -2.18. The summed E-state index contributed by atoms with van der Waals surface area (Å²) >= 11 is 0. The highest BCUT2D eigenvalue weighted by Crippen LogP contribution is 2.08. The highest BCUT2D eigenvalue weighted by molar-refractivity contribution is 5.79. The molecule has 0 aromatic carbocycles. The van der Waals surface area contributed by atoms with Crippen molar-refractivity contribution in [2.24, 2.45) is 0 Å². The van der Waals surface area contributed by atoms with Crippen LogP contribution in [0.25, 0.3) is 0 Å². The van der Waals surface area contributed by atoms with Gasteiger partial charge in [0.25, 0.3) is 0 Å². The normalized spacial score (nSPS) is 12.3. The van der Waals surface area contributed by atoms with Crippen molar-refractivity contribution < 1.29 is 4.79 Å². The molecule has 2 aromatic heterocycles. The van der Waals surface area contributed by atoms with Crippen LogP contribution < -0.4 is 5.32 Å². The van der Waals surface area contributed by atoms with Gasteiger partial charge in [0.05, 0.1) is 11.9 Å². The fourth-order valence-electron chi connectivity index (χ4n) is 1.73. The standard InChI is InChI=1S/C11H16N6O/c1-8(17-6-5-12-9(17)2)11(18)13-4-3-10-7-14-16-15-10/h5-8H,3-4H2,1-2H3,(H,13,18)(H,14,15,16)/t8-/m1/s1. The zero-order valence-corrected chi connectivity index (χ0v) is 10.4. The molecule has 1 atom stereocenters. The van der Waals surface area contributed by atoms with Crippen LogP contribution in [0.4, 0.5) is 0 Å². The average molecular weight is 248 g/mol. The third-order valence-electron chi connectivity index (χ3n) is 2.80. The van der Waals surface area contributed by atoms with Crippen LogP contribution in [0.2, 0.25) is 0 Å². The van der Waals surface area contributed by atoms with E-state index in [1.807, 2.05) is 18.4 Å². The Kier molecular flexibility index (Phi) is 3.71. The number of aryl methyl sites for hydroxylation is 1. The Bertz CT molecular complexity index is 503. The second-order valence-electron chi connectivity index (χ2n) is 4.06. The van der Waals surface area contributed by atoms with E-state index in [2.05, 4.69) is 25.7 Å². The lowest BCUT2D eigenvalue weighted by Crippen LogP contribution is -2.32. The van der Waals surface area contributed by atoms with E-state index in [0.717, 1.165) is 11.5 Å². The van der Waals surface area contributed by atoms with Crippen molar-refractivity contribution in [1.82, 2.24) is 30.3 Å². The minimum Gasteiger partial charge on any atom is -0.354 e. The first-order valence-corrected chi connectivity index (χ1v) is 5.80. The maximum atomic E-state index is 11.9. The molecule has 0 aliphatic carbocycles. The molecular formula is C11H16N6O. The molecule has 0 aliphatic rings. The number of aromatic amines is 1. The average Bonchev–Trinajstić information content (AvgIpc) is 2.99. The van der Waals surface area contributed by atoms with Crippen LogP contribution in [0.15, 0.2) is 18.6 Å². The van der Waals surface area contributed by atoms with Gasteiger partial charge < -0.3 is 9.88 Å². The van der Waals surface area contributed by atoms with E-state index in [4.69, 9.17) is 0 Å². The van der Waals surface area contributed by atoms with E-state index in [-0.39, 0.29) is 11.9 Å². The fraction of sp³-hybridized carbons (Fsp3) is 0.455. The van der Waals surface area contributed by atoms with Gasteiger partial charge in [-0.1, -0.05) is 0 Å². The first-order valence-electron chi connectivity index (χ1n) is 5.80. The van der Waals surface area contributed by atoms with Gasteiger partial charge >= 0.3 is 0 Å². The molecule has 0 spiro atoms. The monoisotopic (exact) mass is 248 g/mol. The predicted molar refractivity (Wildman–Crippen MR) is 64.8 cm³/mol. The van der Waals surface area contributed by atoms with E-state index in [9.17, 15) is 4.79 Å². The molecule has 0 unspecified atom stereocenters. The van der Waals surface area contributed by atoms with Crippen molar-refractivity contribution in [3.05, 3.63) is 30.1 Å². The summed E-state index contributed by atoms with van der Waals surface area (Å²) in [6.45, 7) is 4.27. The summed E-state index contributed by atoms with van der Waals surface area (Å²) in [5.74, 6) is 0.800. The Labute approximate surface area is 105 Å². The molecule has 2 heterocycles. The van der Waals surface area contributed by atoms with Gasteiger partial charge in [0.2, 0.25) is 5.91 Å². The Morgan fingerprint density at radius 2 is 2.44 bits per heavy atom. The Morgan fingerprint density at radius 3 is 3.06 bits per heavy atom. The summed E-state index contributed by atoms with van der Waals surface area (Å²) in [6, 6.07) is -0.259. The SMILES string of the molecule is Cc1nccn1[C@H](C)C(=O)NCCc1cn[nH]n1. The highest BCUT2D eigenvalue weighted by Gasteiger charge is 2.15. The molecule has 7 heteroatoms. The predicted octanol–water partition coefficient (Wildman–Crippen LogP) is 0.230. The molecule has 7 nitrogen and oxygen atoms in total. The second kappa shape index (κ2) is 5.44. The van der Waals surface area contributed by atoms with E-state index in [0.29, 0.717) is 13.0 Å². The van der Waals surface area contributed by atoms with Gasteiger partial charge in [0, 0.05) is 25.4 Å². The molecule has 2 rings (SSSR count). The lowest BCUT2D eigenvalue weighted by molar-refractivity contribution is -0.123. The molecular weight excluding hydrogens is 232 g/mol. The van der Waals surface area contributed by atoms with Crippen molar-refractivity contribution in [3.8, 4) is 0 Å². The van der Waals surface area contributed by atoms with Crippen LogP contribution in [0.5, 0.6) is 0 Å². The van der Waals surface area contributed by atoms with Crippen molar-refractivity contribution in [3.63, 3.8) is 0 Å². The molecule has 0 radical (unpaired) electrons. The summed E-state index contributed by atoms with van der Waals surface area (Å²) < 4.78 is 1.84. The van der Waals surface area contributed by atoms with Gasteiger partial charge in [-0.2, -0.15) is 15.4 Å². The van der Waals surface area contributed by atoms with Gasteiger partial charge in [-0.15, -0.1) is 0 Å². The number of nitrogens with one attached hydrogen (secondary N) is 2. The number of rotatable bonds is 5. The molecule has 0 saturated heterocycles. The van der Waals surface area contributed by atoms with Crippen LogP contribution in [-0.2, 0) is 11.2 Å². The molecule has 0 fully saturated rings.